The Morgan fingerprint density at radius 3 is 2.62 bits per heavy atom. The number of likely N-dealkylation sites (tertiary alicyclic amines) is 1. The van der Waals surface area contributed by atoms with Gasteiger partial charge in [0, 0.05) is 25.3 Å². The van der Waals surface area contributed by atoms with Gasteiger partial charge in [0.1, 0.15) is 5.75 Å². The third kappa shape index (κ3) is 5.19. The van der Waals surface area contributed by atoms with E-state index < -0.39 is 0 Å². The molecule has 2 saturated heterocycles. The van der Waals surface area contributed by atoms with Crippen molar-refractivity contribution in [1.29, 1.82) is 0 Å². The smallest absolute Gasteiger partial charge is 0.260 e. The molecule has 0 aromatic heterocycles. The lowest BCUT2D eigenvalue weighted by molar-refractivity contribution is -0.137. The Morgan fingerprint density at radius 1 is 1.19 bits per heavy atom. The average Bonchev–Trinajstić information content (AvgIpc) is 2.68. The number of anilines is 1. The van der Waals surface area contributed by atoms with Gasteiger partial charge >= 0.3 is 0 Å². The first-order valence-corrected chi connectivity index (χ1v) is 9.19. The van der Waals surface area contributed by atoms with Gasteiger partial charge in [0.2, 0.25) is 5.91 Å². The van der Waals surface area contributed by atoms with Crippen LogP contribution in [0.2, 0.25) is 0 Å². The number of nitrogens with one attached hydrogen (secondary N) is 1. The number of carbonyl (C=O) groups is 2. The predicted octanol–water partition coefficient (Wildman–Crippen LogP) is 1.20. The summed E-state index contributed by atoms with van der Waals surface area (Å²) in [6.45, 7) is 4.26. The standard InChI is InChI=1S/C19H27N3O4/c1-21-8-2-3-15(13-21)19(24)20-16-4-6-17(7-5-16)26-14-18(23)22-9-11-25-12-10-22/h4-7,15H,2-3,8-14H2,1H3,(H,20,24). The number of ether oxygens (including phenoxy) is 2. The van der Waals surface area contributed by atoms with Crippen molar-refractivity contribution in [3.8, 4) is 5.75 Å². The number of carbonyl (C=O) groups excluding carboxylic acids is 2. The van der Waals surface area contributed by atoms with E-state index in [1.54, 1.807) is 29.2 Å². The van der Waals surface area contributed by atoms with E-state index >= 15 is 0 Å². The van der Waals surface area contributed by atoms with E-state index in [9.17, 15) is 9.59 Å². The summed E-state index contributed by atoms with van der Waals surface area (Å²) in [7, 11) is 2.05. The van der Waals surface area contributed by atoms with Gasteiger partial charge < -0.3 is 24.6 Å². The Morgan fingerprint density at radius 2 is 1.92 bits per heavy atom. The van der Waals surface area contributed by atoms with Crippen molar-refractivity contribution in [1.82, 2.24) is 9.80 Å². The average molecular weight is 361 g/mol. The van der Waals surface area contributed by atoms with E-state index in [0.717, 1.165) is 31.6 Å². The summed E-state index contributed by atoms with van der Waals surface area (Å²) in [4.78, 5) is 28.4. The van der Waals surface area contributed by atoms with Crippen molar-refractivity contribution >= 4 is 17.5 Å². The molecule has 2 fully saturated rings. The molecule has 1 N–H and O–H groups in total. The van der Waals surface area contributed by atoms with Crippen molar-refractivity contribution in [3.63, 3.8) is 0 Å². The van der Waals surface area contributed by atoms with Gasteiger partial charge in [-0.3, -0.25) is 9.59 Å². The Kier molecular flexibility index (Phi) is 6.46. The van der Waals surface area contributed by atoms with Crippen LogP contribution in [0.4, 0.5) is 5.69 Å². The lowest BCUT2D eigenvalue weighted by Crippen LogP contribution is -2.42. The van der Waals surface area contributed by atoms with E-state index in [0.29, 0.717) is 32.1 Å². The molecule has 0 aliphatic carbocycles. The zero-order valence-electron chi connectivity index (χ0n) is 15.3. The maximum absolute atomic E-state index is 12.4. The molecule has 26 heavy (non-hydrogen) atoms. The molecule has 1 aromatic carbocycles. The zero-order chi connectivity index (χ0) is 18.4. The Labute approximate surface area is 154 Å². The summed E-state index contributed by atoms with van der Waals surface area (Å²) in [5.74, 6) is 0.678. The number of morpholine rings is 1. The fourth-order valence-electron chi connectivity index (χ4n) is 3.31. The highest BCUT2D eigenvalue weighted by Gasteiger charge is 2.24. The molecule has 0 radical (unpaired) electrons. The number of hydrogen-bond acceptors (Lipinski definition) is 5. The number of benzene rings is 1. The maximum atomic E-state index is 12.4. The number of piperidine rings is 1. The summed E-state index contributed by atoms with van der Waals surface area (Å²) < 4.78 is 10.8. The first-order chi connectivity index (χ1) is 12.6. The molecule has 3 rings (SSSR count). The van der Waals surface area contributed by atoms with Gasteiger partial charge in [-0.25, -0.2) is 0 Å². The van der Waals surface area contributed by atoms with Crippen LogP contribution in [0.5, 0.6) is 5.75 Å². The van der Waals surface area contributed by atoms with E-state index in [1.807, 2.05) is 7.05 Å². The molecule has 2 amide bonds. The Hall–Kier alpha value is -2.12. The minimum atomic E-state index is -0.0351. The molecule has 1 aromatic rings. The lowest BCUT2D eigenvalue weighted by Gasteiger charge is -2.28. The molecular formula is C19H27N3O4. The summed E-state index contributed by atoms with van der Waals surface area (Å²) in [6.07, 6.45) is 1.99. The summed E-state index contributed by atoms with van der Waals surface area (Å²) >= 11 is 0. The molecule has 2 aliphatic heterocycles. The molecule has 0 bridgehead atoms. The van der Waals surface area contributed by atoms with Crippen LogP contribution in [-0.4, -0.2) is 74.7 Å². The van der Waals surface area contributed by atoms with Gasteiger partial charge in [0.15, 0.2) is 6.61 Å². The molecule has 0 spiro atoms. The van der Waals surface area contributed by atoms with Crippen molar-refractivity contribution in [2.24, 2.45) is 5.92 Å². The van der Waals surface area contributed by atoms with Crippen LogP contribution in [-0.2, 0) is 14.3 Å². The fourth-order valence-corrected chi connectivity index (χ4v) is 3.31. The fraction of sp³-hybridized carbons (Fsp3) is 0.579. The summed E-state index contributed by atoms with van der Waals surface area (Å²) in [6, 6.07) is 7.16. The Balaban J connectivity index is 1.45. The molecule has 7 nitrogen and oxygen atoms in total. The molecule has 142 valence electrons. The predicted molar refractivity (Wildman–Crippen MR) is 98.2 cm³/mol. The van der Waals surface area contributed by atoms with Gasteiger partial charge in [-0.1, -0.05) is 0 Å². The molecule has 2 aliphatic rings. The molecular weight excluding hydrogens is 334 g/mol. The van der Waals surface area contributed by atoms with Crippen LogP contribution in [0.15, 0.2) is 24.3 Å². The third-order valence-electron chi connectivity index (χ3n) is 4.84. The minimum absolute atomic E-state index is 0.0140. The summed E-state index contributed by atoms with van der Waals surface area (Å²) in [5, 5.41) is 2.97. The van der Waals surface area contributed by atoms with Crippen LogP contribution in [0.3, 0.4) is 0 Å². The number of rotatable bonds is 5. The maximum Gasteiger partial charge on any atom is 0.260 e. The van der Waals surface area contributed by atoms with Crippen LogP contribution in [0, 0.1) is 5.92 Å². The van der Waals surface area contributed by atoms with E-state index in [1.165, 1.54) is 0 Å². The third-order valence-corrected chi connectivity index (χ3v) is 4.84. The first kappa shape index (κ1) is 18.7. The highest BCUT2D eigenvalue weighted by Crippen LogP contribution is 2.20. The molecule has 1 atom stereocenters. The van der Waals surface area contributed by atoms with E-state index in [-0.39, 0.29) is 24.3 Å². The van der Waals surface area contributed by atoms with E-state index in [2.05, 4.69) is 10.2 Å². The number of nitrogens with zero attached hydrogens (tertiary/aromatic N) is 2. The second-order valence-electron chi connectivity index (χ2n) is 6.90. The van der Waals surface area contributed by atoms with E-state index in [4.69, 9.17) is 9.47 Å². The minimum Gasteiger partial charge on any atom is -0.484 e. The van der Waals surface area contributed by atoms with Gasteiger partial charge in [0.05, 0.1) is 19.1 Å². The number of hydrogen-bond donors (Lipinski definition) is 1. The SMILES string of the molecule is CN1CCCC(C(=O)Nc2ccc(OCC(=O)N3CCOCC3)cc2)C1. The topological polar surface area (TPSA) is 71.1 Å². The van der Waals surface area contributed by atoms with Gasteiger partial charge in [0.25, 0.3) is 5.91 Å². The molecule has 0 saturated carbocycles. The zero-order valence-corrected chi connectivity index (χ0v) is 15.3. The molecule has 1 unspecified atom stereocenters. The van der Waals surface area contributed by atoms with Crippen molar-refractivity contribution in [2.75, 3.05) is 58.4 Å². The molecule has 7 heteroatoms. The second kappa shape index (κ2) is 9.00. The van der Waals surface area contributed by atoms with Gasteiger partial charge in [-0.15, -0.1) is 0 Å². The lowest BCUT2D eigenvalue weighted by atomic mass is 9.97. The van der Waals surface area contributed by atoms with Crippen molar-refractivity contribution < 1.29 is 19.1 Å². The summed E-state index contributed by atoms with van der Waals surface area (Å²) in [5.41, 5.74) is 0.745. The van der Waals surface area contributed by atoms with Crippen LogP contribution in [0.1, 0.15) is 12.8 Å². The van der Waals surface area contributed by atoms with Gasteiger partial charge in [-0.05, 0) is 50.7 Å². The van der Waals surface area contributed by atoms with Crippen LogP contribution >= 0.6 is 0 Å². The van der Waals surface area contributed by atoms with Crippen LogP contribution < -0.4 is 10.1 Å². The largest absolute Gasteiger partial charge is 0.484 e. The highest BCUT2D eigenvalue weighted by molar-refractivity contribution is 5.92. The van der Waals surface area contributed by atoms with Crippen molar-refractivity contribution in [2.45, 2.75) is 12.8 Å². The quantitative estimate of drug-likeness (QED) is 0.853. The number of amides is 2. The molecule has 2 heterocycles. The van der Waals surface area contributed by atoms with Crippen molar-refractivity contribution in [3.05, 3.63) is 24.3 Å². The normalized spacial score (nSPS) is 21.3. The second-order valence-corrected chi connectivity index (χ2v) is 6.90. The highest BCUT2D eigenvalue weighted by atomic mass is 16.5. The Bertz CT molecular complexity index is 614. The van der Waals surface area contributed by atoms with Gasteiger partial charge in [-0.2, -0.15) is 0 Å². The van der Waals surface area contributed by atoms with Crippen LogP contribution in [0.25, 0.3) is 0 Å². The monoisotopic (exact) mass is 361 g/mol. The first-order valence-electron chi connectivity index (χ1n) is 9.19.